The smallest absolute Gasteiger partial charge is 0.462 e. The number of hydrogen-bond donors (Lipinski definition) is 1. The largest absolute Gasteiger partial charge is 0.472 e. The van der Waals surface area contributed by atoms with Crippen LogP contribution in [0.1, 0.15) is 335 Å². The first-order valence-electron chi connectivity index (χ1n) is 40.9. The summed E-state index contributed by atoms with van der Waals surface area (Å²) in [5, 5.41) is 0. The van der Waals surface area contributed by atoms with Crippen molar-refractivity contribution in [1.29, 1.82) is 0 Å². The average Bonchev–Trinajstić information content (AvgIpc) is 1.07. The summed E-state index contributed by atoms with van der Waals surface area (Å²) in [6, 6.07) is 0. The molecule has 0 rings (SSSR count). The van der Waals surface area contributed by atoms with Gasteiger partial charge in [0, 0.05) is 12.8 Å². The number of unbranched alkanes of at least 4 members (excludes halogenated alkanes) is 32. The first-order valence-corrected chi connectivity index (χ1v) is 42.4. The van der Waals surface area contributed by atoms with Crippen LogP contribution in [0, 0.1) is 0 Å². The highest BCUT2D eigenvalue weighted by atomic mass is 31.2. The van der Waals surface area contributed by atoms with Crippen LogP contribution in [0.5, 0.6) is 0 Å². The first-order chi connectivity index (χ1) is 49.0. The molecule has 0 spiro atoms. The predicted molar refractivity (Wildman–Crippen MR) is 436 cm³/mol. The lowest BCUT2D eigenvalue weighted by Gasteiger charge is -2.24. The second-order valence-corrected chi connectivity index (χ2v) is 29.5. The Morgan fingerprint density at radius 3 is 0.800 bits per heavy atom. The van der Waals surface area contributed by atoms with Crippen LogP contribution in [0.15, 0.2) is 170 Å². The Labute approximate surface area is 617 Å². The number of nitrogens with zero attached hydrogens (tertiary/aromatic N) is 1. The number of likely N-dealkylation sites (N-methyl/N-ethyl adjacent to an activating group) is 1. The van der Waals surface area contributed by atoms with Crippen molar-refractivity contribution in [2.24, 2.45) is 0 Å². The van der Waals surface area contributed by atoms with Gasteiger partial charge >= 0.3 is 19.8 Å². The van der Waals surface area contributed by atoms with Crippen molar-refractivity contribution in [2.75, 3.05) is 47.5 Å². The van der Waals surface area contributed by atoms with Gasteiger partial charge in [0.1, 0.15) is 19.8 Å². The number of phosphoric acid groups is 1. The molecule has 0 fully saturated rings. The second kappa shape index (κ2) is 78.5. The molecule has 0 saturated heterocycles. The van der Waals surface area contributed by atoms with Crippen molar-refractivity contribution in [3.63, 3.8) is 0 Å². The van der Waals surface area contributed by atoms with Gasteiger partial charge in [0.25, 0.3) is 0 Å². The summed E-state index contributed by atoms with van der Waals surface area (Å²) in [7, 11) is 1.46. The number of quaternary nitrogens is 1. The van der Waals surface area contributed by atoms with Gasteiger partial charge in [-0.05, 0) is 128 Å². The summed E-state index contributed by atoms with van der Waals surface area (Å²) in [6.45, 7) is 4.22. The molecule has 0 aliphatic heterocycles. The van der Waals surface area contributed by atoms with Crippen LogP contribution in [-0.2, 0) is 32.7 Å². The molecule has 0 aliphatic carbocycles. The van der Waals surface area contributed by atoms with E-state index < -0.39 is 26.5 Å². The van der Waals surface area contributed by atoms with Crippen LogP contribution in [0.2, 0.25) is 0 Å². The highest BCUT2D eigenvalue weighted by Gasteiger charge is 2.27. The summed E-state index contributed by atoms with van der Waals surface area (Å²) in [5.41, 5.74) is 0. The van der Waals surface area contributed by atoms with E-state index in [1.807, 2.05) is 21.1 Å². The quantitative estimate of drug-likeness (QED) is 0.0211. The molecule has 100 heavy (non-hydrogen) atoms. The van der Waals surface area contributed by atoms with Crippen molar-refractivity contribution in [1.82, 2.24) is 0 Å². The minimum absolute atomic E-state index is 0.0240. The fourth-order valence-corrected chi connectivity index (χ4v) is 11.8. The first kappa shape index (κ1) is 95.4. The molecule has 1 N–H and O–H groups in total. The Balaban J connectivity index is 4.02. The number of esters is 2. The zero-order valence-corrected chi connectivity index (χ0v) is 66.0. The van der Waals surface area contributed by atoms with E-state index in [0.29, 0.717) is 17.4 Å². The molecule has 0 heterocycles. The summed E-state index contributed by atoms with van der Waals surface area (Å²) in [6.07, 6.45) is 119. The van der Waals surface area contributed by atoms with E-state index >= 15 is 0 Å². The van der Waals surface area contributed by atoms with Crippen molar-refractivity contribution < 1.29 is 42.1 Å². The highest BCUT2D eigenvalue weighted by molar-refractivity contribution is 7.47. The van der Waals surface area contributed by atoms with Crippen LogP contribution < -0.4 is 0 Å². The minimum Gasteiger partial charge on any atom is -0.462 e. The van der Waals surface area contributed by atoms with Gasteiger partial charge in [0.2, 0.25) is 0 Å². The molecular weight excluding hydrogens is 1250 g/mol. The lowest BCUT2D eigenvalue weighted by atomic mass is 10.0. The normalized spacial score (nSPS) is 13.9. The number of ether oxygens (including phenoxy) is 2. The van der Waals surface area contributed by atoms with Gasteiger partial charge in [-0.25, -0.2) is 4.57 Å². The van der Waals surface area contributed by atoms with Gasteiger partial charge in [0.15, 0.2) is 6.10 Å². The summed E-state index contributed by atoms with van der Waals surface area (Å²) >= 11 is 0. The van der Waals surface area contributed by atoms with E-state index in [1.165, 1.54) is 167 Å². The van der Waals surface area contributed by atoms with Gasteiger partial charge < -0.3 is 18.9 Å². The third kappa shape index (κ3) is 82.3. The molecule has 570 valence electrons. The zero-order valence-electron chi connectivity index (χ0n) is 65.1. The van der Waals surface area contributed by atoms with Crippen LogP contribution in [0.4, 0.5) is 0 Å². The van der Waals surface area contributed by atoms with Crippen molar-refractivity contribution in [3.8, 4) is 0 Å². The molecule has 2 atom stereocenters. The topological polar surface area (TPSA) is 108 Å². The lowest BCUT2D eigenvalue weighted by Crippen LogP contribution is -2.37. The average molecular weight is 1410 g/mol. The maximum absolute atomic E-state index is 12.9. The van der Waals surface area contributed by atoms with E-state index in [2.05, 4.69) is 184 Å². The highest BCUT2D eigenvalue weighted by Crippen LogP contribution is 2.43. The molecule has 0 aliphatic rings. The minimum atomic E-state index is -4.41. The second-order valence-electron chi connectivity index (χ2n) is 28.0. The van der Waals surface area contributed by atoms with Gasteiger partial charge in [-0.1, -0.05) is 364 Å². The molecule has 10 heteroatoms. The summed E-state index contributed by atoms with van der Waals surface area (Å²) < 4.78 is 34.8. The van der Waals surface area contributed by atoms with Crippen LogP contribution >= 0.6 is 7.82 Å². The summed E-state index contributed by atoms with van der Waals surface area (Å²) in [5.74, 6) is -0.804. The third-order valence-electron chi connectivity index (χ3n) is 17.2. The number of phosphoric ester groups is 1. The fraction of sp³-hybridized carbons (Fsp3) is 0.667. The molecule has 0 radical (unpaired) electrons. The Hall–Kier alpha value is -4.63. The molecule has 0 saturated carbocycles. The molecule has 0 aromatic rings. The van der Waals surface area contributed by atoms with Gasteiger partial charge in [-0.3, -0.25) is 18.6 Å². The fourth-order valence-electron chi connectivity index (χ4n) is 11.1. The molecule has 2 unspecified atom stereocenters. The predicted octanol–water partition coefficient (Wildman–Crippen LogP) is 27.6. The molecule has 9 nitrogen and oxygen atoms in total. The Bertz CT molecular complexity index is 2300. The van der Waals surface area contributed by atoms with E-state index in [0.717, 1.165) is 135 Å². The summed E-state index contributed by atoms with van der Waals surface area (Å²) in [4.78, 5) is 36.0. The van der Waals surface area contributed by atoms with Crippen LogP contribution in [-0.4, -0.2) is 74.9 Å². The van der Waals surface area contributed by atoms with Gasteiger partial charge in [0.05, 0.1) is 27.7 Å². The van der Waals surface area contributed by atoms with Crippen molar-refractivity contribution in [2.45, 2.75) is 341 Å². The number of hydrogen-bond acceptors (Lipinski definition) is 7. The monoisotopic (exact) mass is 1410 g/mol. The molecule has 0 bridgehead atoms. The Kier molecular flexibility index (Phi) is 74.9. The van der Waals surface area contributed by atoms with Crippen molar-refractivity contribution >= 4 is 19.8 Å². The van der Waals surface area contributed by atoms with E-state index in [4.69, 9.17) is 18.5 Å². The number of rotatable bonds is 74. The maximum atomic E-state index is 12.9. The molecule has 0 amide bonds. The number of allylic oxidation sites excluding steroid dienone is 28. The SMILES string of the molecule is CC/C=C\C/C=C\C/C=C\C/C=C\C/C=C\C/C=C\C/C=C\C/C=C\C/C=C\C/C=C\CCCCCCCCCCC(=O)OC(COC(=O)CCCCCCCCCCCCCCCCCCCCCCCCCC/C=C\C/C=C\C/C=C\C/C=C\CC)COP(=O)(O)OCC[N+](C)(C)C. The van der Waals surface area contributed by atoms with Gasteiger partial charge in [-0.15, -0.1) is 0 Å². The maximum Gasteiger partial charge on any atom is 0.472 e. The standard InChI is InChI=1S/C90H152NO8P/c1-6-8-10-12-14-16-18-20-22-24-26-28-30-32-34-36-38-40-42-44-45-47-49-51-53-55-57-59-61-63-65-67-69-71-73-75-77-79-81-83-90(93)99-88(87-98-100(94,95)97-85-84-91(3,4)5)86-96-89(92)82-80-78-76-74-72-70-68-66-64-62-60-58-56-54-52-50-48-46-43-41-39-37-35-33-31-29-27-25-23-21-19-17-15-13-11-9-7-2/h8-11,14-17,20-23,26-29,32,34,38,40,44-45,49,51,55,57,61,63,88H,6-7,12-13,18-19,24-25,30-31,33,35-37,39,41-43,46-48,50,52-54,56,58-60,62,64-87H2,1-5H3/p+1/b10-8-,11-9-,16-14-,17-15-,22-20-,23-21-,28-26-,29-27-,34-32-,40-38-,45-44-,51-49-,57-55-,63-61-. The third-order valence-corrected chi connectivity index (χ3v) is 18.2. The number of carbonyl (C=O) groups is 2. The number of carbonyl (C=O) groups excluding carboxylic acids is 2. The van der Waals surface area contributed by atoms with Crippen molar-refractivity contribution in [3.05, 3.63) is 170 Å². The zero-order chi connectivity index (χ0) is 72.5. The van der Waals surface area contributed by atoms with Crippen LogP contribution in [0.25, 0.3) is 0 Å². The van der Waals surface area contributed by atoms with E-state index in [1.54, 1.807) is 0 Å². The molecular formula is C90H153NO8P+. The molecule has 0 aromatic heterocycles. The van der Waals surface area contributed by atoms with E-state index in [-0.39, 0.29) is 32.0 Å². The lowest BCUT2D eigenvalue weighted by molar-refractivity contribution is -0.870. The van der Waals surface area contributed by atoms with Crippen LogP contribution in [0.3, 0.4) is 0 Å². The molecule has 0 aromatic carbocycles. The Morgan fingerprint density at radius 2 is 0.540 bits per heavy atom. The van der Waals surface area contributed by atoms with E-state index in [9.17, 15) is 19.0 Å². The van der Waals surface area contributed by atoms with Gasteiger partial charge in [-0.2, -0.15) is 0 Å². The Morgan fingerprint density at radius 1 is 0.310 bits per heavy atom.